The summed E-state index contributed by atoms with van der Waals surface area (Å²) < 4.78 is 27.2. The van der Waals surface area contributed by atoms with Crippen LogP contribution in [0.3, 0.4) is 0 Å². The van der Waals surface area contributed by atoms with Crippen molar-refractivity contribution >= 4 is 0 Å². The van der Waals surface area contributed by atoms with Crippen LogP contribution in [-0.4, -0.2) is 0 Å². The molecule has 3 nitrogen and oxygen atoms in total. The number of rotatable bonds is 1. The molecule has 0 N–H and O–H groups in total. The third-order valence-electron chi connectivity index (χ3n) is 2.19. The van der Waals surface area contributed by atoms with Gasteiger partial charge in [-0.3, -0.25) is 0 Å². The van der Waals surface area contributed by atoms with Crippen LogP contribution >= 0.6 is 0 Å². The lowest BCUT2D eigenvalue weighted by Crippen LogP contribution is -2.05. The Hall–Kier alpha value is -2.45. The number of benzene rings is 1. The zero-order valence-corrected chi connectivity index (χ0v) is 8.30. The lowest BCUT2D eigenvalue weighted by molar-refractivity contribution is 0.575. The van der Waals surface area contributed by atoms with E-state index >= 15 is 0 Å². The van der Waals surface area contributed by atoms with Crippen molar-refractivity contribution in [3.63, 3.8) is 0 Å². The van der Waals surface area contributed by atoms with Gasteiger partial charge in [-0.05, 0) is 6.92 Å². The van der Waals surface area contributed by atoms with Crippen LogP contribution in [0, 0.1) is 52.6 Å². The molecule has 0 atom stereocenters. The van der Waals surface area contributed by atoms with Gasteiger partial charge in [-0.1, -0.05) is 0 Å². The molecule has 0 heterocycles. The van der Waals surface area contributed by atoms with Crippen molar-refractivity contribution in [2.45, 2.75) is 13.3 Å². The van der Waals surface area contributed by atoms with E-state index in [1.165, 1.54) is 19.1 Å². The zero-order valence-electron chi connectivity index (χ0n) is 8.30. The van der Waals surface area contributed by atoms with Crippen LogP contribution in [0.1, 0.15) is 22.3 Å². The topological polar surface area (TPSA) is 71.4 Å². The fourth-order valence-electron chi connectivity index (χ4n) is 1.36. The summed E-state index contributed by atoms with van der Waals surface area (Å²) in [6.45, 7) is 1.24. The molecular weight excluding hydrogens is 212 g/mol. The molecule has 0 aromatic heterocycles. The van der Waals surface area contributed by atoms with Gasteiger partial charge in [-0.25, -0.2) is 8.78 Å². The lowest BCUT2D eigenvalue weighted by Gasteiger charge is -2.08. The Bertz CT molecular complexity index is 571. The van der Waals surface area contributed by atoms with E-state index in [0.29, 0.717) is 0 Å². The molecule has 0 amide bonds. The summed E-state index contributed by atoms with van der Waals surface area (Å²) in [5.41, 5.74) is -1.53. The monoisotopic (exact) mass is 217 g/mol. The van der Waals surface area contributed by atoms with E-state index in [1.54, 1.807) is 6.07 Å². The summed E-state index contributed by atoms with van der Waals surface area (Å²) in [7, 11) is 0. The van der Waals surface area contributed by atoms with Gasteiger partial charge in [0.2, 0.25) is 0 Å². The number of halogens is 2. The van der Waals surface area contributed by atoms with Gasteiger partial charge >= 0.3 is 0 Å². The van der Waals surface area contributed by atoms with Crippen LogP contribution in [0.4, 0.5) is 8.78 Å². The predicted molar refractivity (Wildman–Crippen MR) is 49.8 cm³/mol. The number of hydrogen-bond acceptors (Lipinski definition) is 3. The standard InChI is InChI=1S/C11H5F2N3/c1-6-8(4-15)11(13)9(5-16)7(2-3-14)10(6)12/h2H2,1H3. The molecule has 78 valence electrons. The van der Waals surface area contributed by atoms with Gasteiger partial charge in [-0.15, -0.1) is 0 Å². The molecule has 0 fully saturated rings. The van der Waals surface area contributed by atoms with Crippen molar-refractivity contribution in [2.75, 3.05) is 0 Å². The fourth-order valence-corrected chi connectivity index (χ4v) is 1.36. The van der Waals surface area contributed by atoms with Crippen LogP contribution in [-0.2, 0) is 6.42 Å². The van der Waals surface area contributed by atoms with E-state index in [4.69, 9.17) is 15.8 Å². The van der Waals surface area contributed by atoms with Gasteiger partial charge in [0.05, 0.1) is 23.6 Å². The van der Waals surface area contributed by atoms with Crippen LogP contribution in [0.2, 0.25) is 0 Å². The molecule has 0 spiro atoms. The molecule has 1 aromatic carbocycles. The van der Waals surface area contributed by atoms with Gasteiger partial charge in [0, 0.05) is 11.1 Å². The third-order valence-corrected chi connectivity index (χ3v) is 2.19. The molecule has 1 rings (SSSR count). The molecule has 0 saturated carbocycles. The summed E-state index contributed by atoms with van der Waals surface area (Å²) in [5, 5.41) is 25.8. The van der Waals surface area contributed by atoms with Gasteiger partial charge in [0.25, 0.3) is 0 Å². The lowest BCUT2D eigenvalue weighted by atomic mass is 9.96. The first-order valence-electron chi connectivity index (χ1n) is 4.26. The highest BCUT2D eigenvalue weighted by atomic mass is 19.1. The number of hydrogen-bond donors (Lipinski definition) is 0. The first-order chi connectivity index (χ1) is 7.58. The molecule has 0 aliphatic rings. The first kappa shape index (κ1) is 11.6. The highest BCUT2D eigenvalue weighted by molar-refractivity contribution is 5.52. The first-order valence-corrected chi connectivity index (χ1v) is 4.26. The van der Waals surface area contributed by atoms with E-state index < -0.39 is 29.2 Å². The Labute approximate surface area is 90.8 Å². The summed E-state index contributed by atoms with van der Waals surface area (Å²) in [5.74, 6) is -1.93. The normalized spacial score (nSPS) is 9.00. The molecule has 0 radical (unpaired) electrons. The second-order valence-electron chi connectivity index (χ2n) is 3.04. The molecule has 0 unspecified atom stereocenters. The Morgan fingerprint density at radius 2 is 1.56 bits per heavy atom. The van der Waals surface area contributed by atoms with E-state index in [9.17, 15) is 8.78 Å². The molecule has 1 aromatic rings. The minimum absolute atomic E-state index is 0.177. The molecule has 16 heavy (non-hydrogen) atoms. The van der Waals surface area contributed by atoms with Gasteiger partial charge in [-0.2, -0.15) is 15.8 Å². The van der Waals surface area contributed by atoms with Crippen molar-refractivity contribution < 1.29 is 8.78 Å². The largest absolute Gasteiger partial charge is 0.206 e. The van der Waals surface area contributed by atoms with Crippen molar-refractivity contribution in [3.8, 4) is 18.2 Å². The van der Waals surface area contributed by atoms with Crippen LogP contribution in [0.5, 0.6) is 0 Å². The average Bonchev–Trinajstić information content (AvgIpc) is 2.27. The highest BCUT2D eigenvalue weighted by Gasteiger charge is 2.21. The highest BCUT2D eigenvalue weighted by Crippen LogP contribution is 2.25. The Morgan fingerprint density at radius 1 is 1.00 bits per heavy atom. The average molecular weight is 217 g/mol. The van der Waals surface area contributed by atoms with Crippen molar-refractivity contribution in [1.82, 2.24) is 0 Å². The predicted octanol–water partition coefficient (Wildman–Crippen LogP) is 2.08. The Balaban J connectivity index is 3.75. The fraction of sp³-hybridized carbons (Fsp3) is 0.182. The Kier molecular flexibility index (Phi) is 3.18. The van der Waals surface area contributed by atoms with Crippen LogP contribution in [0.25, 0.3) is 0 Å². The summed E-state index contributed by atoms with van der Waals surface area (Å²) in [4.78, 5) is 0. The van der Waals surface area contributed by atoms with Gasteiger partial charge in [0.1, 0.15) is 18.0 Å². The minimum Gasteiger partial charge on any atom is -0.206 e. The van der Waals surface area contributed by atoms with Gasteiger partial charge < -0.3 is 0 Å². The zero-order chi connectivity index (χ0) is 12.3. The molecule has 0 aliphatic heterocycles. The molecule has 0 bridgehead atoms. The van der Waals surface area contributed by atoms with Crippen molar-refractivity contribution in [3.05, 3.63) is 33.9 Å². The summed E-state index contributed by atoms with van der Waals surface area (Å²) >= 11 is 0. The van der Waals surface area contributed by atoms with E-state index in [0.717, 1.165) is 0 Å². The van der Waals surface area contributed by atoms with Crippen molar-refractivity contribution in [2.24, 2.45) is 0 Å². The van der Waals surface area contributed by atoms with E-state index in [2.05, 4.69) is 0 Å². The number of nitriles is 3. The van der Waals surface area contributed by atoms with E-state index in [1.807, 2.05) is 0 Å². The number of nitrogens with zero attached hydrogens (tertiary/aromatic N) is 3. The minimum atomic E-state index is -1.06. The van der Waals surface area contributed by atoms with E-state index in [-0.39, 0.29) is 11.1 Å². The SMILES string of the molecule is Cc1c(F)c(CC#N)c(C#N)c(F)c1C#N. The second-order valence-corrected chi connectivity index (χ2v) is 3.04. The molecular formula is C11H5F2N3. The second kappa shape index (κ2) is 4.38. The van der Waals surface area contributed by atoms with Crippen LogP contribution in [0.15, 0.2) is 0 Å². The molecule has 5 heteroatoms. The molecule has 0 saturated heterocycles. The van der Waals surface area contributed by atoms with Crippen molar-refractivity contribution in [1.29, 1.82) is 15.8 Å². The Morgan fingerprint density at radius 3 is 2.00 bits per heavy atom. The quantitative estimate of drug-likeness (QED) is 0.722. The summed E-state index contributed by atoms with van der Waals surface area (Å²) in [6, 6.07) is 4.62. The smallest absolute Gasteiger partial charge is 0.159 e. The third kappa shape index (κ3) is 1.58. The summed E-state index contributed by atoms with van der Waals surface area (Å²) in [6.07, 6.45) is -0.405. The van der Waals surface area contributed by atoms with Crippen LogP contribution < -0.4 is 0 Å². The maximum Gasteiger partial charge on any atom is 0.159 e. The van der Waals surface area contributed by atoms with Gasteiger partial charge in [0.15, 0.2) is 5.82 Å². The maximum absolute atomic E-state index is 13.6. The maximum atomic E-state index is 13.6. The molecule has 0 aliphatic carbocycles.